The lowest BCUT2D eigenvalue weighted by atomic mass is 9.83. The normalized spacial score (nSPS) is 13.9. The number of hydrogen-bond donors (Lipinski definition) is 1. The van der Waals surface area contributed by atoms with Crippen molar-refractivity contribution >= 4 is 17.5 Å². The van der Waals surface area contributed by atoms with Gasteiger partial charge in [-0.2, -0.15) is 0 Å². The van der Waals surface area contributed by atoms with Crippen molar-refractivity contribution in [3.63, 3.8) is 0 Å². The highest BCUT2D eigenvalue weighted by Gasteiger charge is 2.22. The van der Waals surface area contributed by atoms with Crippen LogP contribution in [0.4, 0.5) is 4.39 Å². The number of carbonyl (C=O) groups excluding carboxylic acids is 1. The van der Waals surface area contributed by atoms with Crippen LogP contribution in [0, 0.1) is 5.82 Å². The molecule has 1 aromatic carbocycles. The maximum absolute atomic E-state index is 13.3. The van der Waals surface area contributed by atoms with Gasteiger partial charge in [0.25, 0.3) is 5.91 Å². The highest BCUT2D eigenvalue weighted by atomic mass is 35.5. The number of nitrogens with one attached hydrogen (secondary N) is 1. The van der Waals surface area contributed by atoms with Crippen molar-refractivity contribution in [1.82, 2.24) is 10.3 Å². The number of nitrogens with zero attached hydrogens (tertiary/aromatic N) is 1. The van der Waals surface area contributed by atoms with Crippen molar-refractivity contribution in [1.29, 1.82) is 0 Å². The summed E-state index contributed by atoms with van der Waals surface area (Å²) in [6.07, 6.45) is 6.40. The molecule has 2 aromatic rings. The lowest BCUT2D eigenvalue weighted by Crippen LogP contribution is -2.28. The Morgan fingerprint density at radius 1 is 1.46 bits per heavy atom. The fraction of sp³-hybridized carbons (Fsp3) is 0.368. The van der Waals surface area contributed by atoms with Gasteiger partial charge in [0.1, 0.15) is 17.8 Å². The summed E-state index contributed by atoms with van der Waals surface area (Å²) in [6, 6.07) is 4.00. The van der Waals surface area contributed by atoms with Gasteiger partial charge in [0.15, 0.2) is 12.5 Å². The van der Waals surface area contributed by atoms with Crippen molar-refractivity contribution in [3.05, 3.63) is 59.2 Å². The molecule has 138 valence electrons. The summed E-state index contributed by atoms with van der Waals surface area (Å²) in [7, 11) is 0. The highest BCUT2D eigenvalue weighted by molar-refractivity contribution is 6.30. The van der Waals surface area contributed by atoms with E-state index in [0.29, 0.717) is 30.3 Å². The number of allylic oxidation sites excluding steroid dienone is 1. The zero-order valence-corrected chi connectivity index (χ0v) is 15.0. The fourth-order valence-corrected chi connectivity index (χ4v) is 2.72. The molecule has 1 N–H and O–H groups in total. The lowest BCUT2D eigenvalue weighted by molar-refractivity contribution is -0.122. The van der Waals surface area contributed by atoms with Crippen LogP contribution < -0.4 is 10.1 Å². The average Bonchev–Trinajstić information content (AvgIpc) is 3.01. The third kappa shape index (κ3) is 4.85. The van der Waals surface area contributed by atoms with Gasteiger partial charge in [0.05, 0.1) is 10.7 Å². The molecule has 0 unspecified atom stereocenters. The zero-order chi connectivity index (χ0) is 18.5. The molecule has 0 spiro atoms. The van der Waals surface area contributed by atoms with E-state index in [1.807, 2.05) is 0 Å². The second-order valence-corrected chi connectivity index (χ2v) is 6.72. The van der Waals surface area contributed by atoms with Crippen LogP contribution in [0.2, 0.25) is 5.02 Å². The Morgan fingerprint density at radius 2 is 2.27 bits per heavy atom. The van der Waals surface area contributed by atoms with Crippen LogP contribution >= 0.6 is 11.6 Å². The van der Waals surface area contributed by atoms with Crippen LogP contribution in [0.3, 0.4) is 0 Å². The number of hydrogen-bond acceptors (Lipinski definition) is 4. The quantitative estimate of drug-likeness (QED) is 0.740. The SMILES string of the molecule is C=C(CCc1nc(C2CCC2)co1)NC(=O)COc1ccc(Cl)c(F)c1. The molecule has 0 bridgehead atoms. The first kappa shape index (κ1) is 18.5. The van der Waals surface area contributed by atoms with Crippen molar-refractivity contribution in [2.24, 2.45) is 0 Å². The molecule has 0 radical (unpaired) electrons. The Hall–Kier alpha value is -2.34. The van der Waals surface area contributed by atoms with Crippen LogP contribution in [-0.4, -0.2) is 17.5 Å². The second kappa shape index (κ2) is 8.36. The van der Waals surface area contributed by atoms with E-state index in [9.17, 15) is 9.18 Å². The standard InChI is InChI=1S/C19H20ClFN2O3/c1-12(5-8-19-23-17(10-26-19)13-3-2-4-13)22-18(24)11-25-14-6-7-15(20)16(21)9-14/h6-7,9-10,13H,1-5,8,11H2,(H,22,24). The molecule has 1 aliphatic rings. The summed E-state index contributed by atoms with van der Waals surface area (Å²) in [4.78, 5) is 16.4. The van der Waals surface area contributed by atoms with Crippen LogP contribution in [0.1, 0.15) is 43.2 Å². The molecule has 1 aromatic heterocycles. The maximum Gasteiger partial charge on any atom is 0.262 e. The first-order chi connectivity index (χ1) is 12.5. The predicted molar refractivity (Wildman–Crippen MR) is 95.6 cm³/mol. The van der Waals surface area contributed by atoms with E-state index in [0.717, 1.165) is 11.8 Å². The number of amides is 1. The van der Waals surface area contributed by atoms with Gasteiger partial charge in [0.2, 0.25) is 0 Å². The monoisotopic (exact) mass is 378 g/mol. The summed E-state index contributed by atoms with van der Waals surface area (Å²) >= 11 is 5.59. The minimum Gasteiger partial charge on any atom is -0.484 e. The van der Waals surface area contributed by atoms with E-state index in [2.05, 4.69) is 16.9 Å². The lowest BCUT2D eigenvalue weighted by Gasteiger charge is -2.22. The number of rotatable bonds is 8. The number of oxazole rings is 1. The van der Waals surface area contributed by atoms with Crippen molar-refractivity contribution in [3.8, 4) is 5.75 Å². The molecule has 1 saturated carbocycles. The molecule has 1 aliphatic carbocycles. The predicted octanol–water partition coefficient (Wildman–Crippen LogP) is 4.38. The van der Waals surface area contributed by atoms with Crippen LogP contribution in [0.25, 0.3) is 0 Å². The third-order valence-electron chi connectivity index (χ3n) is 4.31. The molecular weight excluding hydrogens is 359 g/mol. The Morgan fingerprint density at radius 3 is 2.96 bits per heavy atom. The first-order valence-electron chi connectivity index (χ1n) is 8.51. The van der Waals surface area contributed by atoms with E-state index >= 15 is 0 Å². The van der Waals surface area contributed by atoms with E-state index in [1.54, 1.807) is 6.26 Å². The molecule has 1 amide bonds. The number of aryl methyl sites for hydroxylation is 1. The number of benzene rings is 1. The molecular formula is C19H20ClFN2O3. The number of halogens is 2. The minimum absolute atomic E-state index is 0.00202. The van der Waals surface area contributed by atoms with Gasteiger partial charge in [-0.05, 0) is 31.4 Å². The molecule has 0 saturated heterocycles. The van der Waals surface area contributed by atoms with Gasteiger partial charge in [-0.25, -0.2) is 9.37 Å². The highest BCUT2D eigenvalue weighted by Crippen LogP contribution is 2.35. The van der Waals surface area contributed by atoms with Gasteiger partial charge in [0, 0.05) is 24.1 Å². The molecule has 1 fully saturated rings. The Balaban J connectivity index is 1.39. The van der Waals surface area contributed by atoms with E-state index in [4.69, 9.17) is 20.8 Å². The maximum atomic E-state index is 13.3. The topological polar surface area (TPSA) is 64.4 Å². The van der Waals surface area contributed by atoms with Gasteiger partial charge < -0.3 is 14.5 Å². The largest absolute Gasteiger partial charge is 0.484 e. The van der Waals surface area contributed by atoms with Crippen molar-refractivity contribution in [2.45, 2.75) is 38.0 Å². The third-order valence-corrected chi connectivity index (χ3v) is 4.62. The summed E-state index contributed by atoms with van der Waals surface area (Å²) in [6.45, 7) is 3.58. The van der Waals surface area contributed by atoms with Crippen LogP contribution in [-0.2, 0) is 11.2 Å². The van der Waals surface area contributed by atoms with Crippen molar-refractivity contribution in [2.75, 3.05) is 6.61 Å². The van der Waals surface area contributed by atoms with E-state index in [1.165, 1.54) is 31.4 Å². The first-order valence-corrected chi connectivity index (χ1v) is 8.89. The Kier molecular flexibility index (Phi) is 5.93. The van der Waals surface area contributed by atoms with Crippen LogP contribution in [0.15, 0.2) is 41.2 Å². The van der Waals surface area contributed by atoms with Gasteiger partial charge in [-0.15, -0.1) is 0 Å². The molecule has 7 heteroatoms. The summed E-state index contributed by atoms with van der Waals surface area (Å²) in [5.74, 6) is 0.450. The molecule has 3 rings (SSSR count). The van der Waals surface area contributed by atoms with E-state index < -0.39 is 5.82 Å². The number of carbonyl (C=O) groups is 1. The Labute approximate surface area is 156 Å². The Bertz CT molecular complexity index is 802. The fourth-order valence-electron chi connectivity index (χ4n) is 2.60. The molecule has 1 heterocycles. The second-order valence-electron chi connectivity index (χ2n) is 6.31. The van der Waals surface area contributed by atoms with Crippen LogP contribution in [0.5, 0.6) is 5.75 Å². The number of ether oxygens (including phenoxy) is 1. The van der Waals surface area contributed by atoms with Gasteiger partial charge >= 0.3 is 0 Å². The summed E-state index contributed by atoms with van der Waals surface area (Å²) in [5, 5.41) is 2.65. The zero-order valence-electron chi connectivity index (χ0n) is 14.3. The molecule has 0 aliphatic heterocycles. The van der Waals surface area contributed by atoms with Gasteiger partial charge in [-0.1, -0.05) is 24.6 Å². The van der Waals surface area contributed by atoms with Gasteiger partial charge in [-0.3, -0.25) is 4.79 Å². The van der Waals surface area contributed by atoms with Crippen molar-refractivity contribution < 1.29 is 18.3 Å². The summed E-state index contributed by atoms with van der Waals surface area (Å²) in [5.41, 5.74) is 1.56. The molecule has 26 heavy (non-hydrogen) atoms. The van der Waals surface area contributed by atoms with E-state index in [-0.39, 0.29) is 23.3 Å². The summed E-state index contributed by atoms with van der Waals surface area (Å²) < 4.78 is 24.0. The number of aromatic nitrogens is 1. The smallest absolute Gasteiger partial charge is 0.262 e. The minimum atomic E-state index is -0.596. The molecule has 0 atom stereocenters. The molecule has 5 nitrogen and oxygen atoms in total. The average molecular weight is 379 g/mol.